The van der Waals surface area contributed by atoms with Crippen molar-refractivity contribution in [3.8, 4) is 0 Å². The van der Waals surface area contributed by atoms with Gasteiger partial charge in [-0.2, -0.15) is 0 Å². The molecule has 72 valence electrons. The Hall–Kier alpha value is -0.340. The molecule has 1 nitrogen and oxygen atoms in total. The van der Waals surface area contributed by atoms with E-state index >= 15 is 0 Å². The predicted octanol–water partition coefficient (Wildman–Crippen LogP) is 4.02. The Labute approximate surface area is 87.7 Å². The largest absolute Gasteiger partial charge is 0.293 e. The lowest BCUT2D eigenvalue weighted by molar-refractivity contribution is 0.0928. The molecule has 0 saturated heterocycles. The van der Waals surface area contributed by atoms with Gasteiger partial charge in [0.05, 0.1) is 9.90 Å². The fraction of sp³-hybridized carbons (Fsp3) is 0.500. The molecule has 13 heavy (non-hydrogen) atoms. The van der Waals surface area contributed by atoms with Crippen molar-refractivity contribution in [1.82, 2.24) is 0 Å². The first-order valence-electron chi connectivity index (χ1n) is 4.44. The number of halogens is 1. The van der Waals surface area contributed by atoms with Crippen LogP contribution in [0.15, 0.2) is 11.4 Å². The molecule has 0 amide bonds. The number of hydrogen-bond donors (Lipinski definition) is 0. The number of thiophene rings is 1. The summed E-state index contributed by atoms with van der Waals surface area (Å²) in [6.07, 6.45) is 1.98. The highest BCUT2D eigenvalue weighted by molar-refractivity contribution is 7.12. The van der Waals surface area contributed by atoms with E-state index in [1.54, 1.807) is 6.07 Å². The van der Waals surface area contributed by atoms with Crippen molar-refractivity contribution in [3.05, 3.63) is 21.3 Å². The Balaban J connectivity index is 2.73. The third kappa shape index (κ3) is 2.55. The van der Waals surface area contributed by atoms with Gasteiger partial charge in [0.25, 0.3) is 0 Å². The summed E-state index contributed by atoms with van der Waals surface area (Å²) in [7, 11) is 0. The zero-order valence-corrected chi connectivity index (χ0v) is 9.41. The maximum atomic E-state index is 11.7. The molecular formula is C10H13ClOS. The van der Waals surface area contributed by atoms with Crippen LogP contribution in [0.25, 0.3) is 0 Å². The molecule has 1 rings (SSSR count). The maximum absolute atomic E-state index is 11.7. The second-order valence-electron chi connectivity index (χ2n) is 3.15. The predicted molar refractivity (Wildman–Crippen MR) is 57.7 cm³/mol. The molecule has 3 heteroatoms. The summed E-state index contributed by atoms with van der Waals surface area (Å²) >= 11 is 7.30. The molecule has 0 spiro atoms. The molecule has 1 unspecified atom stereocenters. The lowest BCUT2D eigenvalue weighted by atomic mass is 10.0. The van der Waals surface area contributed by atoms with Crippen LogP contribution in [0.3, 0.4) is 0 Å². The summed E-state index contributed by atoms with van der Waals surface area (Å²) in [5.74, 6) is 0.281. The number of hydrogen-bond acceptors (Lipinski definition) is 2. The van der Waals surface area contributed by atoms with Crippen molar-refractivity contribution in [2.45, 2.75) is 26.7 Å². The van der Waals surface area contributed by atoms with Crippen LogP contribution in [-0.4, -0.2) is 5.78 Å². The first kappa shape index (κ1) is 10.7. The normalized spacial score (nSPS) is 12.8. The van der Waals surface area contributed by atoms with E-state index in [0.29, 0.717) is 9.90 Å². The monoisotopic (exact) mass is 216 g/mol. The Morgan fingerprint density at radius 3 is 2.85 bits per heavy atom. The topological polar surface area (TPSA) is 17.1 Å². The van der Waals surface area contributed by atoms with Gasteiger partial charge in [-0.1, -0.05) is 31.9 Å². The molecule has 1 aromatic heterocycles. The third-order valence-corrected chi connectivity index (χ3v) is 3.37. The highest BCUT2D eigenvalue weighted by Gasteiger charge is 2.17. The average molecular weight is 217 g/mol. The Morgan fingerprint density at radius 1 is 1.69 bits per heavy atom. The molecule has 0 aromatic carbocycles. The molecule has 1 aromatic rings. The SMILES string of the molecule is CCCC(C)C(=O)c1sccc1Cl. The van der Waals surface area contributed by atoms with E-state index in [1.807, 2.05) is 12.3 Å². The highest BCUT2D eigenvalue weighted by Crippen LogP contribution is 2.26. The summed E-state index contributed by atoms with van der Waals surface area (Å²) in [6, 6.07) is 1.78. The minimum absolute atomic E-state index is 0.0983. The second-order valence-corrected chi connectivity index (χ2v) is 4.47. The van der Waals surface area contributed by atoms with E-state index in [1.165, 1.54) is 11.3 Å². The molecule has 0 radical (unpaired) electrons. The van der Waals surface area contributed by atoms with Gasteiger partial charge in [-0.25, -0.2) is 0 Å². The summed E-state index contributed by atoms with van der Waals surface area (Å²) in [5.41, 5.74) is 0. The van der Waals surface area contributed by atoms with Crippen LogP contribution in [0, 0.1) is 5.92 Å². The molecule has 1 atom stereocenters. The van der Waals surface area contributed by atoms with Crippen molar-refractivity contribution in [1.29, 1.82) is 0 Å². The van der Waals surface area contributed by atoms with E-state index in [2.05, 4.69) is 6.92 Å². The first-order valence-corrected chi connectivity index (χ1v) is 5.69. The van der Waals surface area contributed by atoms with Crippen LogP contribution >= 0.6 is 22.9 Å². The summed E-state index contributed by atoms with van der Waals surface area (Å²) in [5, 5.41) is 2.45. The van der Waals surface area contributed by atoms with Crippen molar-refractivity contribution in [2.75, 3.05) is 0 Å². The van der Waals surface area contributed by atoms with Crippen LogP contribution < -0.4 is 0 Å². The number of ketones is 1. The van der Waals surface area contributed by atoms with Gasteiger partial charge in [0.2, 0.25) is 0 Å². The van der Waals surface area contributed by atoms with E-state index in [4.69, 9.17) is 11.6 Å². The Bertz CT molecular complexity index is 293. The quantitative estimate of drug-likeness (QED) is 0.695. The molecule has 0 aliphatic carbocycles. The van der Waals surface area contributed by atoms with Gasteiger partial charge in [0.1, 0.15) is 0 Å². The van der Waals surface area contributed by atoms with Crippen LogP contribution in [0.5, 0.6) is 0 Å². The number of carbonyl (C=O) groups is 1. The van der Waals surface area contributed by atoms with Crippen LogP contribution in [0.2, 0.25) is 5.02 Å². The smallest absolute Gasteiger partial charge is 0.177 e. The van der Waals surface area contributed by atoms with Gasteiger partial charge in [-0.05, 0) is 17.9 Å². The van der Waals surface area contributed by atoms with Gasteiger partial charge in [-0.3, -0.25) is 4.79 Å². The fourth-order valence-electron chi connectivity index (χ4n) is 1.26. The highest BCUT2D eigenvalue weighted by atomic mass is 35.5. The van der Waals surface area contributed by atoms with E-state index < -0.39 is 0 Å². The number of carbonyl (C=O) groups excluding carboxylic acids is 1. The molecule has 0 bridgehead atoms. The number of rotatable bonds is 4. The fourth-order valence-corrected chi connectivity index (χ4v) is 2.46. The van der Waals surface area contributed by atoms with E-state index in [9.17, 15) is 4.79 Å². The zero-order chi connectivity index (χ0) is 9.84. The molecule has 0 fully saturated rings. The summed E-state index contributed by atoms with van der Waals surface area (Å²) in [4.78, 5) is 12.5. The molecular weight excluding hydrogens is 204 g/mol. The molecule has 1 heterocycles. The van der Waals surface area contributed by atoms with Gasteiger partial charge in [0, 0.05) is 5.92 Å². The van der Waals surface area contributed by atoms with Gasteiger partial charge in [-0.15, -0.1) is 11.3 Å². The summed E-state index contributed by atoms with van der Waals surface area (Å²) in [6.45, 7) is 4.04. The van der Waals surface area contributed by atoms with Crippen molar-refractivity contribution < 1.29 is 4.79 Å². The minimum atomic E-state index is 0.0983. The van der Waals surface area contributed by atoms with Crippen molar-refractivity contribution in [3.63, 3.8) is 0 Å². The Morgan fingerprint density at radius 2 is 2.38 bits per heavy atom. The third-order valence-electron chi connectivity index (χ3n) is 2.01. The van der Waals surface area contributed by atoms with Gasteiger partial charge in [0.15, 0.2) is 5.78 Å². The second kappa shape index (κ2) is 4.77. The number of Topliss-reactive ketones (excluding diaryl/α,β-unsaturated/α-hetero) is 1. The Kier molecular flexibility index (Phi) is 3.94. The van der Waals surface area contributed by atoms with Crippen LogP contribution in [0.4, 0.5) is 0 Å². The average Bonchev–Trinajstić information content (AvgIpc) is 2.50. The van der Waals surface area contributed by atoms with E-state index in [0.717, 1.165) is 12.8 Å². The minimum Gasteiger partial charge on any atom is -0.293 e. The lowest BCUT2D eigenvalue weighted by Gasteiger charge is -2.06. The maximum Gasteiger partial charge on any atom is 0.177 e. The molecule has 0 saturated carbocycles. The van der Waals surface area contributed by atoms with E-state index in [-0.39, 0.29) is 11.7 Å². The van der Waals surface area contributed by atoms with Crippen molar-refractivity contribution in [2.24, 2.45) is 5.92 Å². The first-order chi connectivity index (χ1) is 6.16. The van der Waals surface area contributed by atoms with Crippen LogP contribution in [-0.2, 0) is 0 Å². The summed E-state index contributed by atoms with van der Waals surface area (Å²) < 4.78 is 0. The van der Waals surface area contributed by atoms with Gasteiger partial charge >= 0.3 is 0 Å². The molecule has 0 aliphatic heterocycles. The lowest BCUT2D eigenvalue weighted by Crippen LogP contribution is -2.09. The molecule has 0 aliphatic rings. The zero-order valence-electron chi connectivity index (χ0n) is 7.84. The molecule has 0 N–H and O–H groups in total. The standard InChI is InChI=1S/C10H13ClOS/c1-3-4-7(2)9(12)10-8(11)5-6-13-10/h5-7H,3-4H2,1-2H3. The van der Waals surface area contributed by atoms with Crippen LogP contribution in [0.1, 0.15) is 36.4 Å². The van der Waals surface area contributed by atoms with Gasteiger partial charge < -0.3 is 0 Å². The van der Waals surface area contributed by atoms with Crippen molar-refractivity contribution >= 4 is 28.7 Å².